The van der Waals surface area contributed by atoms with Crippen LogP contribution in [-0.2, 0) is 9.59 Å². The molecule has 0 radical (unpaired) electrons. The molecule has 2 aromatic rings. The minimum absolute atomic E-state index is 0.561. The van der Waals surface area contributed by atoms with Crippen molar-refractivity contribution >= 4 is 28.9 Å². The summed E-state index contributed by atoms with van der Waals surface area (Å²) in [5.41, 5.74) is 6.46. The maximum Gasteiger partial charge on any atom is 0.329 e. The van der Waals surface area contributed by atoms with Crippen LogP contribution in [0.5, 0.6) is 0 Å². The molecule has 130 valence electrons. The highest BCUT2D eigenvalue weighted by atomic mass is 16.2. The lowest BCUT2D eigenvalue weighted by Gasteiger charge is -2.12. The largest absolute Gasteiger partial charge is 0.378 e. The number of carbonyl (C=O) groups excluding carboxylic acids is 2. The lowest BCUT2D eigenvalue weighted by molar-refractivity contribution is -0.136. The van der Waals surface area contributed by atoms with E-state index >= 15 is 0 Å². The standard InChI is InChI=1S/C19H22N4O2/c1-13-5-9-16(10-6-13)20-18(24)19(25)22-21-14(2)15-7-11-17(12-8-15)23(3)4/h5-12H,1-4H3,(H,20,24)(H,22,25)/b21-14-. The van der Waals surface area contributed by atoms with Crippen molar-refractivity contribution in [3.05, 3.63) is 59.7 Å². The maximum absolute atomic E-state index is 11.9. The van der Waals surface area contributed by atoms with Crippen LogP contribution < -0.4 is 15.6 Å². The second-order valence-electron chi connectivity index (χ2n) is 5.90. The van der Waals surface area contributed by atoms with Crippen LogP contribution in [0, 0.1) is 6.92 Å². The molecule has 0 atom stereocenters. The number of carbonyl (C=O) groups is 2. The van der Waals surface area contributed by atoms with E-state index in [1.165, 1.54) is 0 Å². The first kappa shape index (κ1) is 18.2. The highest BCUT2D eigenvalue weighted by Crippen LogP contribution is 2.12. The normalized spacial score (nSPS) is 11.0. The number of nitrogens with zero attached hydrogens (tertiary/aromatic N) is 2. The van der Waals surface area contributed by atoms with Crippen molar-refractivity contribution in [3.63, 3.8) is 0 Å². The highest BCUT2D eigenvalue weighted by Gasteiger charge is 2.13. The van der Waals surface area contributed by atoms with E-state index in [0.717, 1.165) is 16.8 Å². The molecule has 25 heavy (non-hydrogen) atoms. The fourth-order valence-corrected chi connectivity index (χ4v) is 2.08. The topological polar surface area (TPSA) is 73.8 Å². The molecular weight excluding hydrogens is 316 g/mol. The van der Waals surface area contributed by atoms with Gasteiger partial charge in [-0.25, -0.2) is 5.43 Å². The maximum atomic E-state index is 11.9. The van der Waals surface area contributed by atoms with Crippen LogP contribution in [0.25, 0.3) is 0 Å². The molecule has 2 amide bonds. The lowest BCUT2D eigenvalue weighted by atomic mass is 10.1. The van der Waals surface area contributed by atoms with E-state index in [1.54, 1.807) is 19.1 Å². The zero-order valence-corrected chi connectivity index (χ0v) is 14.8. The molecule has 0 spiro atoms. The van der Waals surface area contributed by atoms with Crippen LogP contribution >= 0.6 is 0 Å². The average molecular weight is 338 g/mol. The molecule has 6 nitrogen and oxygen atoms in total. The quantitative estimate of drug-likeness (QED) is 0.511. The van der Waals surface area contributed by atoms with Crippen molar-refractivity contribution in [1.29, 1.82) is 0 Å². The van der Waals surface area contributed by atoms with Gasteiger partial charge in [0, 0.05) is 25.5 Å². The van der Waals surface area contributed by atoms with Crippen LogP contribution in [0.4, 0.5) is 11.4 Å². The number of rotatable bonds is 4. The van der Waals surface area contributed by atoms with Crippen LogP contribution in [-0.4, -0.2) is 31.6 Å². The predicted molar refractivity (Wildman–Crippen MR) is 101 cm³/mol. The molecule has 0 saturated carbocycles. The van der Waals surface area contributed by atoms with Crippen LogP contribution in [0.1, 0.15) is 18.1 Å². The summed E-state index contributed by atoms with van der Waals surface area (Å²) in [6.45, 7) is 3.71. The van der Waals surface area contributed by atoms with Gasteiger partial charge in [-0.3, -0.25) is 9.59 Å². The molecule has 2 rings (SSSR count). The summed E-state index contributed by atoms with van der Waals surface area (Å²) in [4.78, 5) is 25.7. The predicted octanol–water partition coefficient (Wildman–Crippen LogP) is 2.54. The van der Waals surface area contributed by atoms with Crippen molar-refractivity contribution in [1.82, 2.24) is 5.43 Å². The van der Waals surface area contributed by atoms with Crippen LogP contribution in [0.2, 0.25) is 0 Å². The fourth-order valence-electron chi connectivity index (χ4n) is 2.08. The molecule has 0 saturated heterocycles. The summed E-state index contributed by atoms with van der Waals surface area (Å²) < 4.78 is 0. The van der Waals surface area contributed by atoms with Gasteiger partial charge in [0.2, 0.25) is 0 Å². The number of hydrazone groups is 1. The number of amides is 2. The molecule has 0 aliphatic heterocycles. The van der Waals surface area contributed by atoms with Crippen LogP contribution in [0.15, 0.2) is 53.6 Å². The Morgan fingerprint density at radius 3 is 2.08 bits per heavy atom. The van der Waals surface area contributed by atoms with Gasteiger partial charge in [0.1, 0.15) is 0 Å². The van der Waals surface area contributed by atoms with Crippen molar-refractivity contribution < 1.29 is 9.59 Å². The Bertz CT molecular complexity index is 778. The van der Waals surface area contributed by atoms with Gasteiger partial charge < -0.3 is 10.2 Å². The summed E-state index contributed by atoms with van der Waals surface area (Å²) in [5, 5.41) is 6.51. The molecule has 0 aromatic heterocycles. The average Bonchev–Trinajstić information content (AvgIpc) is 2.61. The molecule has 0 fully saturated rings. The van der Waals surface area contributed by atoms with Gasteiger partial charge in [-0.15, -0.1) is 0 Å². The van der Waals surface area contributed by atoms with E-state index in [0.29, 0.717) is 11.4 Å². The third-order valence-electron chi connectivity index (χ3n) is 3.64. The molecule has 0 aliphatic carbocycles. The molecule has 6 heteroatoms. The van der Waals surface area contributed by atoms with Crippen molar-refractivity contribution in [3.8, 4) is 0 Å². The van der Waals surface area contributed by atoms with E-state index in [-0.39, 0.29) is 0 Å². The van der Waals surface area contributed by atoms with Gasteiger partial charge >= 0.3 is 11.8 Å². The monoisotopic (exact) mass is 338 g/mol. The number of nitrogens with one attached hydrogen (secondary N) is 2. The third kappa shape index (κ3) is 5.17. The van der Waals surface area contributed by atoms with Gasteiger partial charge in [0.15, 0.2) is 0 Å². The molecule has 0 bridgehead atoms. The second kappa shape index (κ2) is 8.10. The van der Waals surface area contributed by atoms with E-state index in [2.05, 4.69) is 15.8 Å². The van der Waals surface area contributed by atoms with E-state index < -0.39 is 11.8 Å². The number of anilines is 2. The Morgan fingerprint density at radius 2 is 1.52 bits per heavy atom. The van der Waals surface area contributed by atoms with Gasteiger partial charge in [-0.05, 0) is 43.7 Å². The second-order valence-corrected chi connectivity index (χ2v) is 5.90. The first-order valence-corrected chi connectivity index (χ1v) is 7.87. The van der Waals surface area contributed by atoms with Crippen molar-refractivity contribution in [2.45, 2.75) is 13.8 Å². The minimum atomic E-state index is -0.815. The number of hydrogen-bond acceptors (Lipinski definition) is 4. The molecule has 0 unspecified atom stereocenters. The summed E-state index contributed by atoms with van der Waals surface area (Å²) in [7, 11) is 3.92. The first-order valence-electron chi connectivity index (χ1n) is 7.87. The van der Waals surface area contributed by atoms with Gasteiger partial charge in [0.25, 0.3) is 0 Å². The van der Waals surface area contributed by atoms with E-state index in [1.807, 2.05) is 62.3 Å². The summed E-state index contributed by atoms with van der Waals surface area (Å²) in [6.07, 6.45) is 0. The molecular formula is C19H22N4O2. The molecule has 0 heterocycles. The van der Waals surface area contributed by atoms with Gasteiger partial charge in [-0.2, -0.15) is 5.10 Å². The summed E-state index contributed by atoms with van der Waals surface area (Å²) in [5.74, 6) is -1.58. The Balaban J connectivity index is 1.95. The van der Waals surface area contributed by atoms with E-state index in [4.69, 9.17) is 0 Å². The fraction of sp³-hybridized carbons (Fsp3) is 0.211. The first-order chi connectivity index (χ1) is 11.9. The zero-order chi connectivity index (χ0) is 18.4. The summed E-state index contributed by atoms with van der Waals surface area (Å²) in [6, 6.07) is 14.9. The Kier molecular flexibility index (Phi) is 5.89. The van der Waals surface area contributed by atoms with Crippen molar-refractivity contribution in [2.24, 2.45) is 5.10 Å². The summed E-state index contributed by atoms with van der Waals surface area (Å²) >= 11 is 0. The zero-order valence-electron chi connectivity index (χ0n) is 14.8. The highest BCUT2D eigenvalue weighted by molar-refractivity contribution is 6.39. The van der Waals surface area contributed by atoms with Gasteiger partial charge in [-0.1, -0.05) is 29.8 Å². The SMILES string of the molecule is C/C(=N/NC(=O)C(=O)Nc1ccc(C)cc1)c1ccc(N(C)C)cc1. The van der Waals surface area contributed by atoms with Crippen molar-refractivity contribution in [2.75, 3.05) is 24.3 Å². The molecule has 2 N–H and O–H groups in total. The van der Waals surface area contributed by atoms with E-state index in [9.17, 15) is 9.59 Å². The van der Waals surface area contributed by atoms with Gasteiger partial charge in [0.05, 0.1) is 5.71 Å². The minimum Gasteiger partial charge on any atom is -0.378 e. The molecule has 0 aliphatic rings. The lowest BCUT2D eigenvalue weighted by Crippen LogP contribution is -2.32. The Morgan fingerprint density at radius 1 is 0.920 bits per heavy atom. The van der Waals surface area contributed by atoms with Crippen LogP contribution in [0.3, 0.4) is 0 Å². The Hall–Kier alpha value is -3.15. The molecule has 2 aromatic carbocycles. The third-order valence-corrected chi connectivity index (χ3v) is 3.64. The number of benzene rings is 2. The smallest absolute Gasteiger partial charge is 0.329 e. The number of hydrogen-bond donors (Lipinski definition) is 2. The number of aryl methyl sites for hydroxylation is 1. The Labute approximate surface area is 147 Å².